The van der Waals surface area contributed by atoms with E-state index in [1.54, 1.807) is 0 Å². The first kappa shape index (κ1) is 11.1. The van der Waals surface area contributed by atoms with Crippen molar-refractivity contribution < 1.29 is 4.42 Å². The molecule has 0 fully saturated rings. The largest absolute Gasteiger partial charge is 0.441 e. The van der Waals surface area contributed by atoms with Gasteiger partial charge in [0.05, 0.1) is 6.67 Å². The van der Waals surface area contributed by atoms with Crippen molar-refractivity contribution in [1.82, 2.24) is 15.7 Å². The normalized spacial score (nSPS) is 11.1. The van der Waals surface area contributed by atoms with Crippen LogP contribution in [0, 0.1) is 6.92 Å². The highest BCUT2D eigenvalue weighted by Gasteiger charge is 2.02. The lowest BCUT2D eigenvalue weighted by atomic mass is 10.1. The van der Waals surface area contributed by atoms with Gasteiger partial charge >= 0.3 is 0 Å². The Hall–Kier alpha value is -1.43. The van der Waals surface area contributed by atoms with Crippen molar-refractivity contribution >= 4 is 11.1 Å². The molecule has 0 saturated heterocycles. The van der Waals surface area contributed by atoms with E-state index in [9.17, 15) is 0 Å². The van der Waals surface area contributed by atoms with Gasteiger partial charge in [-0.15, -0.1) is 0 Å². The number of benzene rings is 1. The van der Waals surface area contributed by atoms with Crippen molar-refractivity contribution in [3.05, 3.63) is 29.7 Å². The SMILES string of the molecule is Cc1nc2ccc(CCNCNN)cc2o1. The molecule has 1 aromatic heterocycles. The number of hydrazine groups is 1. The molecule has 0 radical (unpaired) electrons. The molecule has 1 aromatic carbocycles. The number of fused-ring (bicyclic) bond motifs is 1. The zero-order chi connectivity index (χ0) is 11.4. The number of hydrogen-bond donors (Lipinski definition) is 3. The molecule has 0 unspecified atom stereocenters. The van der Waals surface area contributed by atoms with Gasteiger partial charge in [-0.3, -0.25) is 5.84 Å². The van der Waals surface area contributed by atoms with Gasteiger partial charge in [-0.1, -0.05) is 6.07 Å². The van der Waals surface area contributed by atoms with E-state index in [0.29, 0.717) is 12.6 Å². The predicted molar refractivity (Wildman–Crippen MR) is 62.6 cm³/mol. The van der Waals surface area contributed by atoms with Gasteiger partial charge < -0.3 is 9.73 Å². The van der Waals surface area contributed by atoms with Crippen LogP contribution in [-0.2, 0) is 6.42 Å². The zero-order valence-electron chi connectivity index (χ0n) is 9.29. The number of oxazole rings is 1. The van der Waals surface area contributed by atoms with Crippen molar-refractivity contribution in [3.8, 4) is 0 Å². The molecule has 4 N–H and O–H groups in total. The van der Waals surface area contributed by atoms with Gasteiger partial charge in [0.25, 0.3) is 0 Å². The van der Waals surface area contributed by atoms with Crippen LogP contribution in [-0.4, -0.2) is 18.2 Å². The van der Waals surface area contributed by atoms with E-state index in [0.717, 1.165) is 24.1 Å². The van der Waals surface area contributed by atoms with Gasteiger partial charge in [0, 0.05) is 13.5 Å². The number of nitrogens with zero attached hydrogens (tertiary/aromatic N) is 1. The highest BCUT2D eigenvalue weighted by Crippen LogP contribution is 2.16. The Morgan fingerprint density at radius 3 is 3.12 bits per heavy atom. The summed E-state index contributed by atoms with van der Waals surface area (Å²) in [6, 6.07) is 6.09. The number of aryl methyl sites for hydroxylation is 1. The first-order chi connectivity index (χ1) is 7.79. The molecular formula is C11H16N4O. The summed E-state index contributed by atoms with van der Waals surface area (Å²) in [5.74, 6) is 5.86. The Kier molecular flexibility index (Phi) is 3.51. The Morgan fingerprint density at radius 1 is 1.44 bits per heavy atom. The summed E-state index contributed by atoms with van der Waals surface area (Å²) in [6.45, 7) is 3.35. The molecule has 0 atom stereocenters. The van der Waals surface area contributed by atoms with E-state index in [2.05, 4.69) is 21.8 Å². The lowest BCUT2D eigenvalue weighted by molar-refractivity contribution is 0.560. The quantitative estimate of drug-likeness (QED) is 0.299. The molecular weight excluding hydrogens is 204 g/mol. The standard InChI is InChI=1S/C11H16N4O/c1-8-15-10-3-2-9(6-11(10)16-8)4-5-13-7-14-12/h2-3,6,13-14H,4-5,7,12H2,1H3. The van der Waals surface area contributed by atoms with Crippen LogP contribution in [0.2, 0.25) is 0 Å². The maximum Gasteiger partial charge on any atom is 0.192 e. The van der Waals surface area contributed by atoms with Crippen LogP contribution in [0.1, 0.15) is 11.5 Å². The van der Waals surface area contributed by atoms with Crippen molar-refractivity contribution in [2.24, 2.45) is 5.84 Å². The van der Waals surface area contributed by atoms with E-state index in [-0.39, 0.29) is 0 Å². The average molecular weight is 220 g/mol. The Bertz CT molecular complexity index is 466. The minimum absolute atomic E-state index is 0.615. The number of rotatable bonds is 5. The molecule has 5 nitrogen and oxygen atoms in total. The fourth-order valence-corrected chi connectivity index (χ4v) is 1.63. The topological polar surface area (TPSA) is 76.1 Å². The monoisotopic (exact) mass is 220 g/mol. The van der Waals surface area contributed by atoms with Crippen molar-refractivity contribution in [2.45, 2.75) is 13.3 Å². The second kappa shape index (κ2) is 5.07. The number of nitrogens with two attached hydrogens (primary N) is 1. The molecule has 0 aliphatic carbocycles. The summed E-state index contributed by atoms with van der Waals surface area (Å²) in [5, 5.41) is 3.15. The predicted octanol–water partition coefficient (Wildman–Crippen LogP) is 0.689. The molecule has 86 valence electrons. The molecule has 0 saturated carbocycles. The minimum atomic E-state index is 0.615. The van der Waals surface area contributed by atoms with Gasteiger partial charge in [0.15, 0.2) is 11.5 Å². The molecule has 0 spiro atoms. The van der Waals surface area contributed by atoms with Gasteiger partial charge in [0.2, 0.25) is 0 Å². The second-order valence-corrected chi connectivity index (χ2v) is 3.67. The molecule has 0 bridgehead atoms. The fraction of sp³-hybridized carbons (Fsp3) is 0.364. The van der Waals surface area contributed by atoms with Gasteiger partial charge in [-0.05, 0) is 24.1 Å². The number of aromatic nitrogens is 1. The lowest BCUT2D eigenvalue weighted by Crippen LogP contribution is -2.34. The van der Waals surface area contributed by atoms with Crippen LogP contribution in [0.4, 0.5) is 0 Å². The third kappa shape index (κ3) is 2.57. The Morgan fingerprint density at radius 2 is 2.31 bits per heavy atom. The van der Waals surface area contributed by atoms with E-state index in [4.69, 9.17) is 10.3 Å². The Balaban J connectivity index is 2.02. The number of nitrogens with one attached hydrogen (secondary N) is 2. The third-order valence-corrected chi connectivity index (χ3v) is 2.38. The van der Waals surface area contributed by atoms with Crippen LogP contribution >= 0.6 is 0 Å². The molecule has 1 heterocycles. The average Bonchev–Trinajstić information content (AvgIpc) is 2.64. The molecule has 0 aliphatic heterocycles. The van der Waals surface area contributed by atoms with Crippen molar-refractivity contribution in [3.63, 3.8) is 0 Å². The summed E-state index contributed by atoms with van der Waals surface area (Å²) in [6.07, 6.45) is 0.942. The maximum atomic E-state index is 5.47. The smallest absolute Gasteiger partial charge is 0.192 e. The lowest BCUT2D eigenvalue weighted by Gasteiger charge is -2.03. The highest BCUT2D eigenvalue weighted by atomic mass is 16.3. The maximum absolute atomic E-state index is 5.47. The summed E-state index contributed by atoms with van der Waals surface area (Å²) >= 11 is 0. The van der Waals surface area contributed by atoms with Crippen molar-refractivity contribution in [2.75, 3.05) is 13.2 Å². The summed E-state index contributed by atoms with van der Waals surface area (Å²) in [5.41, 5.74) is 5.55. The molecule has 2 aromatic rings. The van der Waals surface area contributed by atoms with Crippen LogP contribution in [0.3, 0.4) is 0 Å². The number of hydrogen-bond acceptors (Lipinski definition) is 5. The van der Waals surface area contributed by atoms with E-state index < -0.39 is 0 Å². The van der Waals surface area contributed by atoms with E-state index in [1.165, 1.54) is 5.56 Å². The van der Waals surface area contributed by atoms with Gasteiger partial charge in [-0.2, -0.15) is 0 Å². The van der Waals surface area contributed by atoms with Crippen LogP contribution in [0.5, 0.6) is 0 Å². The second-order valence-electron chi connectivity index (χ2n) is 3.67. The Labute approximate surface area is 94.0 Å². The van der Waals surface area contributed by atoms with E-state index in [1.807, 2.05) is 19.1 Å². The van der Waals surface area contributed by atoms with Gasteiger partial charge in [-0.25, -0.2) is 10.4 Å². The first-order valence-electron chi connectivity index (χ1n) is 5.30. The molecule has 0 amide bonds. The van der Waals surface area contributed by atoms with Crippen molar-refractivity contribution in [1.29, 1.82) is 0 Å². The van der Waals surface area contributed by atoms with E-state index >= 15 is 0 Å². The van der Waals surface area contributed by atoms with Gasteiger partial charge in [0.1, 0.15) is 5.52 Å². The molecule has 5 heteroatoms. The summed E-state index contributed by atoms with van der Waals surface area (Å²) < 4.78 is 5.47. The summed E-state index contributed by atoms with van der Waals surface area (Å²) in [7, 11) is 0. The fourth-order valence-electron chi connectivity index (χ4n) is 1.63. The molecule has 0 aliphatic rings. The first-order valence-corrected chi connectivity index (χ1v) is 5.30. The molecule has 16 heavy (non-hydrogen) atoms. The summed E-state index contributed by atoms with van der Waals surface area (Å²) in [4.78, 5) is 4.26. The van der Waals surface area contributed by atoms with Crippen LogP contribution in [0.15, 0.2) is 22.6 Å². The third-order valence-electron chi connectivity index (χ3n) is 2.38. The zero-order valence-corrected chi connectivity index (χ0v) is 9.29. The van der Waals surface area contributed by atoms with Crippen LogP contribution < -0.4 is 16.6 Å². The molecule has 2 rings (SSSR count). The minimum Gasteiger partial charge on any atom is -0.441 e. The van der Waals surface area contributed by atoms with Crippen LogP contribution in [0.25, 0.3) is 11.1 Å². The highest BCUT2D eigenvalue weighted by molar-refractivity contribution is 5.73.